The molecule has 0 spiro atoms. The van der Waals surface area contributed by atoms with E-state index in [2.05, 4.69) is 15.5 Å². The molecule has 1 atom stereocenters. The number of nitrogens with two attached hydrogens (primary N) is 1. The van der Waals surface area contributed by atoms with E-state index in [1.807, 2.05) is 27.7 Å². The Morgan fingerprint density at radius 3 is 2.63 bits per heavy atom. The van der Waals surface area contributed by atoms with Crippen LogP contribution < -0.4 is 16.0 Å². The highest BCUT2D eigenvalue weighted by Gasteiger charge is 2.19. The first-order valence-corrected chi connectivity index (χ1v) is 6.54. The molecule has 0 saturated heterocycles. The molecule has 108 valence electrons. The molecular formula is C12H23N5O2. The Labute approximate surface area is 113 Å². The third-order valence-corrected chi connectivity index (χ3v) is 2.51. The van der Waals surface area contributed by atoms with Crippen molar-refractivity contribution >= 4 is 11.9 Å². The summed E-state index contributed by atoms with van der Waals surface area (Å²) in [6.07, 6.45) is 0. The van der Waals surface area contributed by atoms with Gasteiger partial charge in [-0.1, -0.05) is 25.9 Å². The molecule has 0 aliphatic heterocycles. The van der Waals surface area contributed by atoms with E-state index in [1.54, 1.807) is 4.90 Å². The molecule has 7 nitrogen and oxygen atoms in total. The maximum absolute atomic E-state index is 11.1. The number of hydrogen-bond donors (Lipinski definition) is 2. The van der Waals surface area contributed by atoms with Crippen molar-refractivity contribution in [2.24, 2.45) is 11.7 Å². The standard InChI is InChI=1S/C12H23N5O2/c1-5-14-9(4)11-15-16-12(19-11)17(6-8(2)3)7-10(13)18/h8-9,14H,5-7H2,1-4H3,(H2,13,18). The summed E-state index contributed by atoms with van der Waals surface area (Å²) < 4.78 is 5.60. The maximum atomic E-state index is 11.1. The normalized spacial score (nSPS) is 12.7. The topological polar surface area (TPSA) is 97.3 Å². The molecule has 0 radical (unpaired) electrons. The van der Waals surface area contributed by atoms with Crippen LogP contribution in [0.4, 0.5) is 6.01 Å². The second kappa shape index (κ2) is 7.08. The van der Waals surface area contributed by atoms with Gasteiger partial charge in [-0.15, -0.1) is 5.10 Å². The number of amides is 1. The lowest BCUT2D eigenvalue weighted by Gasteiger charge is -2.20. The minimum absolute atomic E-state index is 0.0132. The van der Waals surface area contributed by atoms with Crippen LogP contribution >= 0.6 is 0 Å². The lowest BCUT2D eigenvalue weighted by molar-refractivity contribution is -0.116. The fraction of sp³-hybridized carbons (Fsp3) is 0.750. The fourth-order valence-electron chi connectivity index (χ4n) is 1.76. The molecule has 3 N–H and O–H groups in total. The zero-order valence-electron chi connectivity index (χ0n) is 12.0. The zero-order chi connectivity index (χ0) is 14.4. The monoisotopic (exact) mass is 269 g/mol. The van der Waals surface area contributed by atoms with E-state index >= 15 is 0 Å². The predicted octanol–water partition coefficient (Wildman–Crippen LogP) is 0.688. The molecule has 1 amide bonds. The fourth-order valence-corrected chi connectivity index (χ4v) is 1.76. The summed E-state index contributed by atoms with van der Waals surface area (Å²) in [6, 6.07) is 0.327. The van der Waals surface area contributed by atoms with Crippen LogP contribution in [0.5, 0.6) is 0 Å². The number of carbonyl (C=O) groups is 1. The minimum Gasteiger partial charge on any atom is -0.406 e. The van der Waals surface area contributed by atoms with E-state index in [0.29, 0.717) is 24.4 Å². The first kappa shape index (κ1) is 15.4. The Kier molecular flexibility index (Phi) is 5.75. The first-order valence-electron chi connectivity index (χ1n) is 6.54. The SMILES string of the molecule is CCNC(C)c1nnc(N(CC(N)=O)CC(C)C)o1. The van der Waals surface area contributed by atoms with Crippen LogP contribution in [-0.2, 0) is 4.79 Å². The zero-order valence-corrected chi connectivity index (χ0v) is 12.0. The molecule has 7 heteroatoms. The van der Waals surface area contributed by atoms with E-state index < -0.39 is 5.91 Å². The van der Waals surface area contributed by atoms with Gasteiger partial charge < -0.3 is 20.4 Å². The number of anilines is 1. The van der Waals surface area contributed by atoms with Crippen molar-refractivity contribution in [1.29, 1.82) is 0 Å². The van der Waals surface area contributed by atoms with Crippen LogP contribution in [0.3, 0.4) is 0 Å². The maximum Gasteiger partial charge on any atom is 0.318 e. The molecule has 0 saturated carbocycles. The summed E-state index contributed by atoms with van der Waals surface area (Å²) in [5, 5.41) is 11.2. The number of aromatic nitrogens is 2. The smallest absolute Gasteiger partial charge is 0.318 e. The molecule has 0 aliphatic rings. The van der Waals surface area contributed by atoms with Crippen LogP contribution in [-0.4, -0.2) is 35.7 Å². The Bertz CT molecular complexity index is 405. The lowest BCUT2D eigenvalue weighted by Crippen LogP contribution is -2.36. The molecule has 1 aromatic heterocycles. The van der Waals surface area contributed by atoms with Crippen LogP contribution in [0.25, 0.3) is 0 Å². The summed E-state index contributed by atoms with van der Waals surface area (Å²) in [5.41, 5.74) is 5.24. The van der Waals surface area contributed by atoms with Crippen LogP contribution in [0, 0.1) is 5.92 Å². The lowest BCUT2D eigenvalue weighted by atomic mass is 10.2. The van der Waals surface area contributed by atoms with Crippen LogP contribution in [0.15, 0.2) is 4.42 Å². The number of hydrogen-bond acceptors (Lipinski definition) is 6. The molecule has 1 rings (SSSR count). The quantitative estimate of drug-likeness (QED) is 0.720. The molecule has 19 heavy (non-hydrogen) atoms. The van der Waals surface area contributed by atoms with Gasteiger partial charge in [0, 0.05) is 6.54 Å². The van der Waals surface area contributed by atoms with Gasteiger partial charge in [0.25, 0.3) is 0 Å². The predicted molar refractivity (Wildman–Crippen MR) is 72.6 cm³/mol. The number of nitrogens with one attached hydrogen (secondary N) is 1. The van der Waals surface area contributed by atoms with Crippen LogP contribution in [0.2, 0.25) is 0 Å². The van der Waals surface area contributed by atoms with Gasteiger partial charge >= 0.3 is 6.01 Å². The highest BCUT2D eigenvalue weighted by molar-refractivity contribution is 5.78. The van der Waals surface area contributed by atoms with Gasteiger partial charge in [0.1, 0.15) is 6.54 Å². The van der Waals surface area contributed by atoms with Crippen LogP contribution in [0.1, 0.15) is 39.6 Å². The Morgan fingerprint density at radius 1 is 1.42 bits per heavy atom. The average molecular weight is 269 g/mol. The molecule has 1 heterocycles. The van der Waals surface area contributed by atoms with Crippen molar-refractivity contribution in [3.63, 3.8) is 0 Å². The summed E-state index contributed by atoms with van der Waals surface area (Å²) >= 11 is 0. The van der Waals surface area contributed by atoms with Gasteiger partial charge in [-0.3, -0.25) is 4.79 Å². The van der Waals surface area contributed by atoms with Gasteiger partial charge in [0.15, 0.2) is 0 Å². The number of primary amides is 1. The van der Waals surface area contributed by atoms with E-state index in [-0.39, 0.29) is 12.6 Å². The molecule has 1 aromatic rings. The highest BCUT2D eigenvalue weighted by atomic mass is 16.4. The summed E-state index contributed by atoms with van der Waals surface area (Å²) in [7, 11) is 0. The van der Waals surface area contributed by atoms with E-state index in [1.165, 1.54) is 0 Å². The van der Waals surface area contributed by atoms with E-state index in [0.717, 1.165) is 6.54 Å². The molecule has 0 aliphatic carbocycles. The van der Waals surface area contributed by atoms with Crippen molar-refractivity contribution in [3.05, 3.63) is 5.89 Å². The minimum atomic E-state index is -0.417. The first-order chi connectivity index (χ1) is 8.93. The van der Waals surface area contributed by atoms with Crippen molar-refractivity contribution in [2.45, 2.75) is 33.7 Å². The largest absolute Gasteiger partial charge is 0.406 e. The van der Waals surface area contributed by atoms with Crippen molar-refractivity contribution in [1.82, 2.24) is 15.5 Å². The van der Waals surface area contributed by atoms with Gasteiger partial charge in [-0.05, 0) is 19.4 Å². The van der Waals surface area contributed by atoms with Gasteiger partial charge in [0.05, 0.1) is 6.04 Å². The van der Waals surface area contributed by atoms with Gasteiger partial charge in [-0.25, -0.2) is 0 Å². The molecule has 0 bridgehead atoms. The average Bonchev–Trinajstić information content (AvgIpc) is 2.76. The summed E-state index contributed by atoms with van der Waals surface area (Å²) in [4.78, 5) is 12.8. The molecule has 1 unspecified atom stereocenters. The third kappa shape index (κ3) is 4.86. The van der Waals surface area contributed by atoms with Crippen molar-refractivity contribution in [3.8, 4) is 0 Å². The van der Waals surface area contributed by atoms with Gasteiger partial charge in [-0.2, -0.15) is 0 Å². The molecule has 0 fully saturated rings. The number of rotatable bonds is 8. The third-order valence-electron chi connectivity index (χ3n) is 2.51. The Balaban J connectivity index is 2.81. The van der Waals surface area contributed by atoms with E-state index in [9.17, 15) is 4.79 Å². The Hall–Kier alpha value is -1.63. The van der Waals surface area contributed by atoms with Crippen molar-refractivity contribution in [2.75, 3.05) is 24.5 Å². The van der Waals surface area contributed by atoms with Crippen molar-refractivity contribution < 1.29 is 9.21 Å². The highest BCUT2D eigenvalue weighted by Crippen LogP contribution is 2.18. The molecular weight excluding hydrogens is 246 g/mol. The Morgan fingerprint density at radius 2 is 2.11 bits per heavy atom. The summed E-state index contributed by atoms with van der Waals surface area (Å²) in [6.45, 7) is 9.58. The second-order valence-electron chi connectivity index (χ2n) is 4.94. The number of nitrogens with zero attached hydrogens (tertiary/aromatic N) is 3. The number of carbonyl (C=O) groups excluding carboxylic acids is 1. The summed E-state index contributed by atoms with van der Waals surface area (Å²) in [5.74, 6) is 0.455. The second-order valence-corrected chi connectivity index (χ2v) is 4.94. The molecule has 0 aromatic carbocycles. The van der Waals surface area contributed by atoms with Gasteiger partial charge in [0.2, 0.25) is 11.8 Å². The van der Waals surface area contributed by atoms with E-state index in [4.69, 9.17) is 10.2 Å².